The number of aromatic nitrogens is 1. The van der Waals surface area contributed by atoms with Crippen molar-refractivity contribution in [1.29, 1.82) is 0 Å². The number of nitrogens with zero attached hydrogens (tertiary/aromatic N) is 2. The van der Waals surface area contributed by atoms with E-state index in [0.29, 0.717) is 5.56 Å². The molecule has 1 aromatic heterocycles. The number of carbonyl (C=O) groups is 1. The van der Waals surface area contributed by atoms with E-state index in [2.05, 4.69) is 10.3 Å². The van der Waals surface area contributed by atoms with Crippen LogP contribution in [-0.4, -0.2) is 34.9 Å². The molecule has 4 rings (SSSR count). The van der Waals surface area contributed by atoms with Crippen LogP contribution in [0.3, 0.4) is 0 Å². The molecule has 3 heterocycles. The van der Waals surface area contributed by atoms with Crippen molar-refractivity contribution < 1.29 is 18.0 Å². The summed E-state index contributed by atoms with van der Waals surface area (Å²) < 4.78 is 38.4. The number of hydrogen-bond donors (Lipinski definition) is 1. The van der Waals surface area contributed by atoms with Gasteiger partial charge in [0.25, 0.3) is 0 Å². The molecule has 2 fully saturated rings. The monoisotopic (exact) mass is 389 g/mol. The van der Waals surface area contributed by atoms with E-state index < -0.39 is 17.3 Å². The number of nitrogens with one attached hydrogen (secondary N) is 1. The Bertz CT molecular complexity index is 910. The minimum Gasteiger partial charge on any atom is -0.344 e. The first-order chi connectivity index (χ1) is 13.2. The van der Waals surface area contributed by atoms with Gasteiger partial charge in [-0.15, -0.1) is 0 Å². The van der Waals surface area contributed by atoms with Gasteiger partial charge in [0.2, 0.25) is 5.91 Å². The smallest absolute Gasteiger partial charge is 0.344 e. The van der Waals surface area contributed by atoms with Gasteiger partial charge in [-0.05, 0) is 61.6 Å². The zero-order valence-corrected chi connectivity index (χ0v) is 15.8. The minimum atomic E-state index is -4.35. The standard InChI is InChI=1S/C21H22F3N3O/c1-13-11-15(14-3-5-16(6-4-14)21(22,23)24)12-18(25-13)17-7-8-20(26-17)9-10-27(2)19(20)28/h3-6,11-12,17,26H,7-10H2,1-2H3/t17-,20+/m1/s1. The Labute approximate surface area is 161 Å². The van der Waals surface area contributed by atoms with Gasteiger partial charge in [0, 0.05) is 19.3 Å². The lowest BCUT2D eigenvalue weighted by Gasteiger charge is -2.23. The Morgan fingerprint density at radius 1 is 1.14 bits per heavy atom. The zero-order chi connectivity index (χ0) is 20.1. The van der Waals surface area contributed by atoms with Crippen molar-refractivity contribution in [2.45, 2.75) is 43.9 Å². The summed E-state index contributed by atoms with van der Waals surface area (Å²) in [5.74, 6) is 0.130. The molecule has 2 aliphatic heterocycles. The Hall–Kier alpha value is -2.41. The van der Waals surface area contributed by atoms with Crippen LogP contribution in [0, 0.1) is 6.92 Å². The second kappa shape index (κ2) is 6.58. The first kappa shape index (κ1) is 18.9. The normalized spacial score (nSPS) is 25.1. The number of likely N-dealkylation sites (N-methyl/N-ethyl adjacent to an activating group) is 1. The van der Waals surface area contributed by atoms with Gasteiger partial charge in [0.15, 0.2) is 0 Å². The second-order valence-electron chi connectivity index (χ2n) is 7.79. The van der Waals surface area contributed by atoms with Gasteiger partial charge < -0.3 is 4.90 Å². The third kappa shape index (κ3) is 3.28. The van der Waals surface area contributed by atoms with E-state index in [0.717, 1.165) is 54.9 Å². The lowest BCUT2D eigenvalue weighted by molar-refractivity contribution is -0.137. The van der Waals surface area contributed by atoms with Crippen LogP contribution in [0.15, 0.2) is 36.4 Å². The summed E-state index contributed by atoms with van der Waals surface area (Å²) in [7, 11) is 1.82. The van der Waals surface area contributed by atoms with E-state index in [1.54, 1.807) is 4.90 Å². The molecule has 1 N–H and O–H groups in total. The Morgan fingerprint density at radius 3 is 2.46 bits per heavy atom. The van der Waals surface area contributed by atoms with E-state index in [9.17, 15) is 18.0 Å². The van der Waals surface area contributed by atoms with Gasteiger partial charge in [-0.2, -0.15) is 13.2 Å². The topological polar surface area (TPSA) is 45.2 Å². The highest BCUT2D eigenvalue weighted by Gasteiger charge is 2.50. The first-order valence-corrected chi connectivity index (χ1v) is 9.37. The van der Waals surface area contributed by atoms with Crippen LogP contribution >= 0.6 is 0 Å². The summed E-state index contributed by atoms with van der Waals surface area (Å²) in [6.07, 6.45) is -1.98. The van der Waals surface area contributed by atoms with Crippen LogP contribution in [0.4, 0.5) is 13.2 Å². The van der Waals surface area contributed by atoms with E-state index in [4.69, 9.17) is 0 Å². The quantitative estimate of drug-likeness (QED) is 0.841. The zero-order valence-electron chi connectivity index (χ0n) is 15.8. The van der Waals surface area contributed by atoms with Crippen molar-refractivity contribution in [1.82, 2.24) is 15.2 Å². The number of amides is 1. The van der Waals surface area contributed by atoms with Crippen LogP contribution < -0.4 is 5.32 Å². The fraction of sp³-hybridized carbons (Fsp3) is 0.429. The van der Waals surface area contributed by atoms with E-state index in [1.807, 2.05) is 26.1 Å². The molecule has 0 bridgehead atoms. The molecule has 148 valence electrons. The van der Waals surface area contributed by atoms with E-state index in [-0.39, 0.29) is 11.9 Å². The van der Waals surface area contributed by atoms with Crippen LogP contribution in [0.2, 0.25) is 0 Å². The van der Waals surface area contributed by atoms with E-state index >= 15 is 0 Å². The molecule has 2 atom stereocenters. The molecule has 0 aliphatic carbocycles. The minimum absolute atomic E-state index is 0.0384. The van der Waals surface area contributed by atoms with E-state index in [1.165, 1.54) is 12.1 Å². The summed E-state index contributed by atoms with van der Waals surface area (Å²) >= 11 is 0. The fourth-order valence-corrected chi connectivity index (χ4v) is 4.28. The number of halogens is 3. The van der Waals surface area contributed by atoms with Crippen LogP contribution in [-0.2, 0) is 11.0 Å². The lowest BCUT2D eigenvalue weighted by Crippen LogP contribution is -2.47. The number of likely N-dealkylation sites (tertiary alicyclic amines) is 1. The Balaban J connectivity index is 1.61. The fourth-order valence-electron chi connectivity index (χ4n) is 4.28. The van der Waals surface area contributed by atoms with Gasteiger partial charge in [-0.25, -0.2) is 0 Å². The van der Waals surface area contributed by atoms with Crippen LogP contribution in [0.25, 0.3) is 11.1 Å². The van der Waals surface area contributed by atoms with Crippen molar-refractivity contribution in [3.8, 4) is 11.1 Å². The molecule has 28 heavy (non-hydrogen) atoms. The summed E-state index contributed by atoms with van der Waals surface area (Å²) in [6, 6.07) is 8.91. The maximum absolute atomic E-state index is 12.8. The van der Waals surface area contributed by atoms with Gasteiger partial charge in [0.1, 0.15) is 5.54 Å². The number of carbonyl (C=O) groups excluding carboxylic acids is 1. The molecule has 7 heteroatoms. The van der Waals surface area contributed by atoms with Crippen molar-refractivity contribution in [3.05, 3.63) is 53.3 Å². The highest BCUT2D eigenvalue weighted by Crippen LogP contribution is 2.39. The number of hydrogen-bond acceptors (Lipinski definition) is 3. The average Bonchev–Trinajstić information content (AvgIpc) is 3.21. The van der Waals surface area contributed by atoms with Crippen molar-refractivity contribution >= 4 is 5.91 Å². The molecule has 0 radical (unpaired) electrons. The molecular weight excluding hydrogens is 367 g/mol. The number of pyridine rings is 1. The number of benzene rings is 1. The predicted molar refractivity (Wildman–Crippen MR) is 99.5 cm³/mol. The molecule has 0 unspecified atom stereocenters. The SMILES string of the molecule is Cc1cc(-c2ccc(C(F)(F)F)cc2)cc([C@H]2CC[C@@]3(CCN(C)C3=O)N2)n1. The van der Waals surface area contributed by atoms with Gasteiger partial charge >= 0.3 is 6.18 Å². The van der Waals surface area contributed by atoms with Gasteiger partial charge in [-0.1, -0.05) is 12.1 Å². The third-order valence-corrected chi connectivity index (χ3v) is 5.82. The summed E-state index contributed by atoms with van der Waals surface area (Å²) in [5, 5.41) is 3.50. The number of alkyl halides is 3. The maximum atomic E-state index is 12.8. The molecule has 2 aliphatic rings. The Morgan fingerprint density at radius 2 is 1.86 bits per heavy atom. The average molecular weight is 389 g/mol. The lowest BCUT2D eigenvalue weighted by atomic mass is 9.96. The largest absolute Gasteiger partial charge is 0.416 e. The maximum Gasteiger partial charge on any atom is 0.416 e. The highest BCUT2D eigenvalue weighted by molar-refractivity contribution is 5.88. The molecule has 1 amide bonds. The number of aryl methyl sites for hydroxylation is 1. The van der Waals surface area contributed by atoms with Crippen molar-refractivity contribution in [3.63, 3.8) is 0 Å². The molecule has 1 spiro atoms. The first-order valence-electron chi connectivity index (χ1n) is 9.37. The van der Waals surface area contributed by atoms with Crippen molar-refractivity contribution in [2.75, 3.05) is 13.6 Å². The molecule has 0 saturated carbocycles. The number of rotatable bonds is 2. The van der Waals surface area contributed by atoms with Crippen LogP contribution in [0.5, 0.6) is 0 Å². The highest BCUT2D eigenvalue weighted by atomic mass is 19.4. The molecule has 1 aromatic carbocycles. The summed E-state index contributed by atoms with van der Waals surface area (Å²) in [4.78, 5) is 18.9. The third-order valence-electron chi connectivity index (χ3n) is 5.82. The van der Waals surface area contributed by atoms with Crippen LogP contribution in [0.1, 0.15) is 42.3 Å². The Kier molecular flexibility index (Phi) is 4.45. The second-order valence-corrected chi connectivity index (χ2v) is 7.79. The summed E-state index contributed by atoms with van der Waals surface area (Å²) in [5.41, 5.74) is 2.00. The van der Waals surface area contributed by atoms with Gasteiger partial charge in [0.05, 0.1) is 17.3 Å². The van der Waals surface area contributed by atoms with Gasteiger partial charge in [-0.3, -0.25) is 15.1 Å². The molecular formula is C21H22F3N3O. The summed E-state index contributed by atoms with van der Waals surface area (Å²) in [6.45, 7) is 2.62. The predicted octanol–water partition coefficient (Wildman–Crippen LogP) is 4.10. The molecule has 2 saturated heterocycles. The molecule has 2 aromatic rings. The molecule has 4 nitrogen and oxygen atoms in total. The van der Waals surface area contributed by atoms with Crippen molar-refractivity contribution in [2.24, 2.45) is 0 Å².